The SMILES string of the molecule is CCc1c(N2CCN(C(=O)c3ncccc3O)CC2)c(=O)n2nc(C=C3CCC3)nc2n1CC(=O)Nc1ccc(S(F)(F)(F)(F)F)cc1. The highest BCUT2D eigenvalue weighted by atomic mass is 32.5. The first-order valence-electron chi connectivity index (χ1n) is 15.1. The van der Waals surface area contributed by atoms with Crippen molar-refractivity contribution in [3.8, 4) is 5.75 Å². The lowest BCUT2D eigenvalue weighted by molar-refractivity contribution is -0.116. The standard InChI is InChI=1S/C30H31F5N8O4S/c1-2-22-27(40-13-15-41(16-14-40)28(46)26-23(44)7-4-12-36-26)29(47)43-30(38-24(39-43)17-19-5-3-6-19)42(22)18-25(45)37-20-8-10-21(11-9-20)48(31,32,33,34)35/h4,7-12,17,44H,2-3,5-6,13-16,18H2,1H3,(H,37,45). The second-order valence-electron chi connectivity index (χ2n) is 11.6. The Hall–Kier alpha value is -5.00. The molecule has 18 heteroatoms. The van der Waals surface area contributed by atoms with E-state index >= 15 is 0 Å². The summed E-state index contributed by atoms with van der Waals surface area (Å²) in [5.41, 5.74) is 1.05. The van der Waals surface area contributed by atoms with Crippen molar-refractivity contribution in [2.24, 2.45) is 0 Å². The molecule has 1 aliphatic heterocycles. The van der Waals surface area contributed by atoms with Crippen LogP contribution in [0.1, 0.15) is 48.2 Å². The summed E-state index contributed by atoms with van der Waals surface area (Å²) in [6, 6.07) is 4.77. The summed E-state index contributed by atoms with van der Waals surface area (Å²) in [5.74, 6) is -1.09. The highest BCUT2D eigenvalue weighted by Crippen LogP contribution is 3.02. The first-order chi connectivity index (χ1) is 22.5. The van der Waals surface area contributed by atoms with Crippen LogP contribution in [-0.2, 0) is 17.8 Å². The molecule has 2 N–H and O–H groups in total. The molecule has 4 heterocycles. The smallest absolute Gasteiger partial charge is 0.310 e. The number of hydrogen-bond acceptors (Lipinski definition) is 8. The molecule has 256 valence electrons. The van der Waals surface area contributed by atoms with E-state index in [9.17, 15) is 38.9 Å². The third-order valence-electron chi connectivity index (χ3n) is 8.26. The minimum Gasteiger partial charge on any atom is -0.505 e. The van der Waals surface area contributed by atoms with Gasteiger partial charge in [0.25, 0.3) is 11.5 Å². The number of carbonyl (C=O) groups excluding carboxylic acids is 2. The second kappa shape index (κ2) is 11.3. The number of aromatic hydroxyl groups is 1. The van der Waals surface area contributed by atoms with Crippen LogP contribution in [0.15, 0.2) is 57.9 Å². The Labute approximate surface area is 270 Å². The molecule has 2 fully saturated rings. The van der Waals surface area contributed by atoms with Crippen LogP contribution in [0.5, 0.6) is 5.75 Å². The molecule has 2 aliphatic rings. The van der Waals surface area contributed by atoms with Gasteiger partial charge in [0.1, 0.15) is 22.9 Å². The number of rotatable bonds is 8. The Balaban J connectivity index is 1.32. The zero-order chi connectivity index (χ0) is 34.5. The number of nitrogens with zero attached hydrogens (tertiary/aromatic N) is 7. The Morgan fingerprint density at radius 3 is 2.29 bits per heavy atom. The molecular weight excluding hydrogens is 663 g/mol. The topological polar surface area (TPSA) is 138 Å². The fourth-order valence-electron chi connectivity index (χ4n) is 5.70. The molecule has 4 aromatic rings. The first-order valence-corrected chi connectivity index (χ1v) is 17.0. The average molecular weight is 695 g/mol. The van der Waals surface area contributed by atoms with Crippen molar-refractivity contribution in [3.05, 3.63) is 75.7 Å². The van der Waals surface area contributed by atoms with Crippen LogP contribution >= 0.6 is 10.2 Å². The molecule has 48 heavy (non-hydrogen) atoms. The van der Waals surface area contributed by atoms with Crippen molar-refractivity contribution in [1.29, 1.82) is 0 Å². The maximum absolute atomic E-state index is 14.0. The molecule has 1 aliphatic carbocycles. The van der Waals surface area contributed by atoms with E-state index in [1.807, 2.05) is 0 Å². The van der Waals surface area contributed by atoms with Crippen LogP contribution < -0.4 is 15.8 Å². The highest BCUT2D eigenvalue weighted by molar-refractivity contribution is 8.45. The van der Waals surface area contributed by atoms with Crippen LogP contribution in [0.3, 0.4) is 0 Å². The first kappa shape index (κ1) is 32.9. The van der Waals surface area contributed by atoms with Gasteiger partial charge in [-0.2, -0.15) is 9.50 Å². The summed E-state index contributed by atoms with van der Waals surface area (Å²) in [7, 11) is -9.89. The van der Waals surface area contributed by atoms with Crippen molar-refractivity contribution in [2.45, 2.75) is 44.0 Å². The molecule has 0 radical (unpaired) electrons. The van der Waals surface area contributed by atoms with E-state index in [0.29, 0.717) is 5.69 Å². The van der Waals surface area contributed by atoms with Gasteiger partial charge in [0.15, 0.2) is 11.5 Å². The van der Waals surface area contributed by atoms with Crippen molar-refractivity contribution >= 4 is 45.3 Å². The van der Waals surface area contributed by atoms with E-state index in [-0.39, 0.29) is 79.2 Å². The third kappa shape index (κ3) is 6.56. The van der Waals surface area contributed by atoms with Crippen molar-refractivity contribution in [3.63, 3.8) is 0 Å². The molecule has 3 aromatic heterocycles. The van der Waals surface area contributed by atoms with Crippen molar-refractivity contribution in [1.82, 2.24) is 29.0 Å². The number of aromatic nitrogens is 5. The van der Waals surface area contributed by atoms with E-state index in [1.165, 1.54) is 27.8 Å². The van der Waals surface area contributed by atoms with E-state index in [1.54, 1.807) is 17.9 Å². The van der Waals surface area contributed by atoms with Gasteiger partial charge in [-0.3, -0.25) is 14.4 Å². The number of amides is 2. The van der Waals surface area contributed by atoms with Crippen LogP contribution in [0.2, 0.25) is 0 Å². The molecule has 12 nitrogen and oxygen atoms in total. The average Bonchev–Trinajstić information content (AvgIpc) is 3.44. The predicted octanol–water partition coefficient (Wildman–Crippen LogP) is 5.38. The number of nitrogens with one attached hydrogen (secondary N) is 1. The second-order valence-corrected chi connectivity index (χ2v) is 14.0. The summed E-state index contributed by atoms with van der Waals surface area (Å²) < 4.78 is 68.5. The number of halogens is 5. The van der Waals surface area contributed by atoms with Crippen LogP contribution in [-0.4, -0.2) is 72.1 Å². The largest absolute Gasteiger partial charge is 0.505 e. The normalized spacial score (nSPS) is 16.7. The van der Waals surface area contributed by atoms with Gasteiger partial charge >= 0.3 is 10.2 Å². The molecule has 1 saturated heterocycles. The van der Waals surface area contributed by atoms with E-state index in [2.05, 4.69) is 20.4 Å². The third-order valence-corrected chi connectivity index (χ3v) is 9.43. The van der Waals surface area contributed by atoms with Gasteiger partial charge in [0.05, 0.1) is 5.69 Å². The predicted molar refractivity (Wildman–Crippen MR) is 169 cm³/mol. The number of hydrogen-bond donors (Lipinski definition) is 2. The number of piperazine rings is 1. The van der Waals surface area contributed by atoms with Gasteiger partial charge in [-0.05, 0) is 68.2 Å². The monoisotopic (exact) mass is 694 g/mol. The number of allylic oxidation sites excluding steroid dienone is 1. The van der Waals surface area contributed by atoms with Gasteiger partial charge in [0, 0.05) is 38.1 Å². The summed E-state index contributed by atoms with van der Waals surface area (Å²) >= 11 is 0. The van der Waals surface area contributed by atoms with Crippen molar-refractivity contribution in [2.75, 3.05) is 36.4 Å². The van der Waals surface area contributed by atoms with Gasteiger partial charge in [-0.25, -0.2) is 4.98 Å². The Morgan fingerprint density at radius 1 is 1.02 bits per heavy atom. The number of anilines is 2. The van der Waals surface area contributed by atoms with Crippen molar-refractivity contribution < 1.29 is 34.1 Å². The minimum absolute atomic E-state index is 0.0672. The fourth-order valence-corrected chi connectivity index (χ4v) is 6.35. The molecule has 6 rings (SSSR count). The Kier molecular flexibility index (Phi) is 7.76. The van der Waals surface area contributed by atoms with Crippen LogP contribution in [0.4, 0.5) is 30.8 Å². The van der Waals surface area contributed by atoms with Gasteiger partial charge in [-0.15, -0.1) is 5.10 Å². The Morgan fingerprint density at radius 2 is 1.71 bits per heavy atom. The lowest BCUT2D eigenvalue weighted by Gasteiger charge is -2.40. The molecule has 2 amide bonds. The molecule has 0 bridgehead atoms. The van der Waals surface area contributed by atoms with Gasteiger partial charge in [0.2, 0.25) is 11.7 Å². The molecule has 0 spiro atoms. The van der Waals surface area contributed by atoms with Gasteiger partial charge < -0.3 is 24.8 Å². The van der Waals surface area contributed by atoms with E-state index < -0.39 is 39.0 Å². The number of fused-ring (bicyclic) bond motifs is 1. The van der Waals surface area contributed by atoms with Crippen LogP contribution in [0.25, 0.3) is 11.9 Å². The summed E-state index contributed by atoms with van der Waals surface area (Å²) in [4.78, 5) is 50.0. The highest BCUT2D eigenvalue weighted by Gasteiger charge is 2.65. The maximum atomic E-state index is 14.0. The van der Waals surface area contributed by atoms with E-state index in [4.69, 9.17) is 0 Å². The maximum Gasteiger partial charge on any atom is 0.310 e. The van der Waals surface area contributed by atoms with Crippen LogP contribution in [0, 0.1) is 0 Å². The molecule has 0 atom stereocenters. The Bertz CT molecular complexity index is 2020. The lowest BCUT2D eigenvalue weighted by atomic mass is 9.92. The number of pyridine rings is 1. The fraction of sp³-hybridized carbons (Fsp3) is 0.333. The summed E-state index contributed by atoms with van der Waals surface area (Å²) in [6.07, 6.45) is 6.20. The minimum atomic E-state index is -9.89. The molecule has 0 unspecified atom stereocenters. The quantitative estimate of drug-likeness (QED) is 0.235. The number of benzene rings is 1. The molecule has 1 saturated carbocycles. The summed E-state index contributed by atoms with van der Waals surface area (Å²) in [6.45, 7) is 2.18. The molecule has 1 aromatic carbocycles. The summed E-state index contributed by atoms with van der Waals surface area (Å²) in [5, 5.41) is 16.9. The van der Waals surface area contributed by atoms with Gasteiger partial charge in [-0.1, -0.05) is 31.9 Å². The zero-order valence-electron chi connectivity index (χ0n) is 25.6. The van der Waals surface area contributed by atoms with E-state index in [0.717, 1.165) is 41.5 Å². The molecular formula is C30H31F5N8O4S. The zero-order valence-corrected chi connectivity index (χ0v) is 26.4. The lowest BCUT2D eigenvalue weighted by Crippen LogP contribution is -2.51. The number of carbonyl (C=O) groups is 2.